The van der Waals surface area contributed by atoms with Crippen molar-refractivity contribution < 1.29 is 14.6 Å². The third kappa shape index (κ3) is 7.47. The Labute approximate surface area is 181 Å². The predicted molar refractivity (Wildman–Crippen MR) is 121 cm³/mol. The molecule has 0 amide bonds. The van der Waals surface area contributed by atoms with E-state index in [1.165, 1.54) is 25.7 Å². The summed E-state index contributed by atoms with van der Waals surface area (Å²) in [6.07, 6.45) is 7.24. The highest BCUT2D eigenvalue weighted by Gasteiger charge is 2.24. The van der Waals surface area contributed by atoms with Crippen LogP contribution in [0.3, 0.4) is 0 Å². The van der Waals surface area contributed by atoms with Crippen LogP contribution in [0.25, 0.3) is 0 Å². The summed E-state index contributed by atoms with van der Waals surface area (Å²) in [6.45, 7) is 8.30. The second kappa shape index (κ2) is 12.2. The summed E-state index contributed by atoms with van der Waals surface area (Å²) < 4.78 is 11.9. The summed E-state index contributed by atoms with van der Waals surface area (Å²) in [4.78, 5) is 6.95. The van der Waals surface area contributed by atoms with E-state index in [9.17, 15) is 5.11 Å². The highest BCUT2D eigenvalue weighted by Crippen LogP contribution is 2.26. The summed E-state index contributed by atoms with van der Waals surface area (Å²) >= 11 is 0. The van der Waals surface area contributed by atoms with E-state index >= 15 is 0 Å². The number of nitrogens with zero attached hydrogens (tertiary/aromatic N) is 2. The summed E-state index contributed by atoms with van der Waals surface area (Å²) in [6, 6.07) is 7.86. The lowest BCUT2D eigenvalue weighted by Crippen LogP contribution is -2.47. The maximum absolute atomic E-state index is 10.3. The fourth-order valence-electron chi connectivity index (χ4n) is 4.25. The van der Waals surface area contributed by atoms with Gasteiger partial charge in [-0.15, -0.1) is 0 Å². The smallest absolute Gasteiger partial charge is 0.194 e. The molecule has 3 rings (SSSR count). The molecule has 1 saturated carbocycles. The number of nitrogens with one attached hydrogen (secondary N) is 1. The SMILES string of the molecule is CCNC(=NCC(O)COc1cccc(C)c1)N1CCC(OCC2CCCC2)CC1. The Bertz CT molecular complexity index is 653. The number of piperidine rings is 1. The van der Waals surface area contributed by atoms with Gasteiger partial charge in [0.15, 0.2) is 5.96 Å². The summed E-state index contributed by atoms with van der Waals surface area (Å²) in [5.41, 5.74) is 1.14. The number of ether oxygens (including phenoxy) is 2. The molecule has 6 nitrogen and oxygen atoms in total. The monoisotopic (exact) mass is 417 g/mol. The molecule has 1 aliphatic heterocycles. The number of likely N-dealkylation sites (tertiary alicyclic amines) is 1. The Morgan fingerprint density at radius 2 is 2.00 bits per heavy atom. The number of hydrogen-bond donors (Lipinski definition) is 2. The Balaban J connectivity index is 1.41. The van der Waals surface area contributed by atoms with Gasteiger partial charge in [0.05, 0.1) is 12.6 Å². The number of rotatable bonds is 9. The highest BCUT2D eigenvalue weighted by molar-refractivity contribution is 5.80. The number of benzene rings is 1. The summed E-state index contributed by atoms with van der Waals surface area (Å²) in [7, 11) is 0. The lowest BCUT2D eigenvalue weighted by Gasteiger charge is -2.34. The van der Waals surface area contributed by atoms with Crippen LogP contribution < -0.4 is 10.1 Å². The van der Waals surface area contributed by atoms with E-state index in [0.717, 1.165) is 62.3 Å². The number of aliphatic hydroxyl groups is 1. The molecule has 6 heteroatoms. The Kier molecular flexibility index (Phi) is 9.27. The van der Waals surface area contributed by atoms with Crippen molar-refractivity contribution in [2.45, 2.75) is 64.6 Å². The number of hydrogen-bond acceptors (Lipinski definition) is 4. The van der Waals surface area contributed by atoms with Gasteiger partial charge in [0.25, 0.3) is 0 Å². The van der Waals surface area contributed by atoms with Crippen LogP contribution in [-0.4, -0.2) is 67.6 Å². The summed E-state index contributed by atoms with van der Waals surface area (Å²) in [5, 5.41) is 13.7. The normalized spacial score (nSPS) is 19.8. The van der Waals surface area contributed by atoms with Gasteiger partial charge in [-0.1, -0.05) is 25.0 Å². The average Bonchev–Trinajstić information content (AvgIpc) is 3.28. The van der Waals surface area contributed by atoms with Crippen LogP contribution in [0, 0.1) is 12.8 Å². The molecule has 1 aromatic rings. The lowest BCUT2D eigenvalue weighted by atomic mass is 10.1. The number of aliphatic imine (C=N–C) groups is 1. The first kappa shape index (κ1) is 22.9. The van der Waals surface area contributed by atoms with Crippen molar-refractivity contribution in [3.05, 3.63) is 29.8 Å². The first-order valence-electron chi connectivity index (χ1n) is 11.7. The minimum atomic E-state index is -0.633. The predicted octanol–water partition coefficient (Wildman–Crippen LogP) is 3.37. The third-order valence-corrected chi connectivity index (χ3v) is 6.00. The molecule has 2 N–H and O–H groups in total. The van der Waals surface area contributed by atoms with Gasteiger partial charge in [-0.2, -0.15) is 0 Å². The fourth-order valence-corrected chi connectivity index (χ4v) is 4.25. The Morgan fingerprint density at radius 3 is 2.70 bits per heavy atom. The van der Waals surface area contributed by atoms with Crippen LogP contribution in [0.2, 0.25) is 0 Å². The molecule has 30 heavy (non-hydrogen) atoms. The molecular weight excluding hydrogens is 378 g/mol. The molecule has 1 saturated heterocycles. The Hall–Kier alpha value is -1.79. The molecule has 0 radical (unpaired) electrons. The van der Waals surface area contributed by atoms with Gasteiger partial charge >= 0.3 is 0 Å². The van der Waals surface area contributed by atoms with Crippen LogP contribution >= 0.6 is 0 Å². The highest BCUT2D eigenvalue weighted by atomic mass is 16.5. The van der Waals surface area contributed by atoms with E-state index in [4.69, 9.17) is 9.47 Å². The first-order valence-corrected chi connectivity index (χ1v) is 11.7. The zero-order valence-electron chi connectivity index (χ0n) is 18.7. The van der Waals surface area contributed by atoms with E-state index < -0.39 is 6.10 Å². The molecule has 0 aromatic heterocycles. The van der Waals surface area contributed by atoms with E-state index in [0.29, 0.717) is 12.6 Å². The number of aryl methyl sites for hydroxylation is 1. The number of guanidine groups is 1. The molecule has 1 aromatic carbocycles. The summed E-state index contributed by atoms with van der Waals surface area (Å²) in [5.74, 6) is 2.44. The van der Waals surface area contributed by atoms with Crippen molar-refractivity contribution in [1.29, 1.82) is 0 Å². The van der Waals surface area contributed by atoms with Crippen molar-refractivity contribution in [3.63, 3.8) is 0 Å². The van der Waals surface area contributed by atoms with Gasteiger partial charge in [0.2, 0.25) is 0 Å². The zero-order chi connectivity index (χ0) is 21.2. The van der Waals surface area contributed by atoms with Gasteiger partial charge < -0.3 is 24.8 Å². The molecule has 2 aliphatic rings. The maximum atomic E-state index is 10.3. The van der Waals surface area contributed by atoms with Crippen molar-refractivity contribution in [3.8, 4) is 5.75 Å². The lowest BCUT2D eigenvalue weighted by molar-refractivity contribution is 0.000964. The van der Waals surface area contributed by atoms with Gasteiger partial charge in [-0.25, -0.2) is 0 Å². The first-order chi connectivity index (χ1) is 14.6. The van der Waals surface area contributed by atoms with Gasteiger partial charge in [-0.05, 0) is 63.1 Å². The van der Waals surface area contributed by atoms with Crippen molar-refractivity contribution in [1.82, 2.24) is 10.2 Å². The van der Waals surface area contributed by atoms with Crippen LogP contribution in [0.4, 0.5) is 0 Å². The number of aliphatic hydroxyl groups excluding tert-OH is 1. The van der Waals surface area contributed by atoms with E-state index in [2.05, 4.69) is 22.1 Å². The zero-order valence-corrected chi connectivity index (χ0v) is 18.7. The van der Waals surface area contributed by atoms with Gasteiger partial charge in [0, 0.05) is 26.2 Å². The molecule has 168 valence electrons. The molecule has 0 bridgehead atoms. The quantitative estimate of drug-likeness (QED) is 0.476. The fraction of sp³-hybridized carbons (Fsp3) is 0.708. The standard InChI is InChI=1S/C24H39N3O3/c1-3-25-24(26-16-21(28)18-30-23-10-6-7-19(2)15-23)27-13-11-22(12-14-27)29-17-20-8-4-5-9-20/h6-7,10,15,20-22,28H,3-5,8-9,11-14,16-18H2,1-2H3,(H,25,26). The molecule has 1 heterocycles. The van der Waals surface area contributed by atoms with Crippen LogP contribution in [-0.2, 0) is 4.74 Å². The second-order valence-electron chi connectivity index (χ2n) is 8.65. The molecule has 1 aliphatic carbocycles. The largest absolute Gasteiger partial charge is 0.491 e. The second-order valence-corrected chi connectivity index (χ2v) is 8.65. The van der Waals surface area contributed by atoms with E-state index in [1.807, 2.05) is 31.2 Å². The van der Waals surface area contributed by atoms with Gasteiger partial charge in [0.1, 0.15) is 18.5 Å². The molecule has 0 spiro atoms. The molecular formula is C24H39N3O3. The van der Waals surface area contributed by atoms with Crippen molar-refractivity contribution in [2.75, 3.05) is 39.4 Å². The van der Waals surface area contributed by atoms with Gasteiger partial charge in [-0.3, -0.25) is 4.99 Å². The molecule has 1 atom stereocenters. The minimum absolute atomic E-state index is 0.240. The van der Waals surface area contributed by atoms with Crippen LogP contribution in [0.1, 0.15) is 51.0 Å². The third-order valence-electron chi connectivity index (χ3n) is 6.00. The molecule has 2 fully saturated rings. The maximum Gasteiger partial charge on any atom is 0.194 e. The average molecular weight is 418 g/mol. The van der Waals surface area contributed by atoms with E-state index in [1.54, 1.807) is 0 Å². The van der Waals surface area contributed by atoms with Crippen LogP contribution in [0.15, 0.2) is 29.3 Å². The topological polar surface area (TPSA) is 66.3 Å². The van der Waals surface area contributed by atoms with Crippen LogP contribution in [0.5, 0.6) is 5.75 Å². The Morgan fingerprint density at radius 1 is 1.23 bits per heavy atom. The van der Waals surface area contributed by atoms with Crippen molar-refractivity contribution in [2.24, 2.45) is 10.9 Å². The minimum Gasteiger partial charge on any atom is -0.491 e. The molecule has 1 unspecified atom stereocenters. The van der Waals surface area contributed by atoms with E-state index in [-0.39, 0.29) is 6.61 Å². The van der Waals surface area contributed by atoms with Crippen molar-refractivity contribution >= 4 is 5.96 Å².